The molecule has 0 saturated carbocycles. The van der Waals surface area contributed by atoms with Crippen LogP contribution < -0.4 is 14.8 Å². The van der Waals surface area contributed by atoms with Crippen molar-refractivity contribution >= 4 is 5.91 Å². The average molecular weight is 276 g/mol. The molecule has 2 rings (SSSR count). The Kier molecular flexibility index (Phi) is 4.24. The quantitative estimate of drug-likeness (QED) is 0.903. The third-order valence-electron chi connectivity index (χ3n) is 2.74. The topological polar surface area (TPSA) is 73.6 Å². The fraction of sp³-hybridized carbons (Fsp3) is 0.286. The number of methoxy groups -OCH3 is 2. The lowest BCUT2D eigenvalue weighted by atomic mass is 10.2. The van der Waals surface area contributed by atoms with Crippen molar-refractivity contribution in [1.29, 1.82) is 0 Å². The molecule has 6 heteroatoms. The molecule has 0 aliphatic carbocycles. The maximum absolute atomic E-state index is 12.0. The van der Waals surface area contributed by atoms with Crippen LogP contribution in [0.15, 0.2) is 28.9 Å². The van der Waals surface area contributed by atoms with E-state index < -0.39 is 0 Å². The van der Waals surface area contributed by atoms with Gasteiger partial charge in [0, 0.05) is 12.5 Å². The number of hydrogen-bond acceptors (Lipinski definition) is 5. The van der Waals surface area contributed by atoms with Gasteiger partial charge in [0.05, 0.1) is 26.5 Å². The molecular formula is C14H16N2O4. The molecule has 0 atom stereocenters. The van der Waals surface area contributed by atoms with Gasteiger partial charge in [0.15, 0.2) is 17.4 Å². The van der Waals surface area contributed by atoms with Crippen LogP contribution in [0.5, 0.6) is 11.5 Å². The van der Waals surface area contributed by atoms with E-state index in [2.05, 4.69) is 10.3 Å². The van der Waals surface area contributed by atoms with Gasteiger partial charge in [-0.2, -0.15) is 0 Å². The SMILES string of the molecule is COc1ccc(C(=O)NCc2coc(C)n2)cc1OC. The second-order valence-electron chi connectivity index (χ2n) is 4.11. The molecule has 1 N–H and O–H groups in total. The van der Waals surface area contributed by atoms with Gasteiger partial charge in [0.1, 0.15) is 6.26 Å². The Balaban J connectivity index is 2.05. The third kappa shape index (κ3) is 3.09. The molecule has 2 aromatic rings. The summed E-state index contributed by atoms with van der Waals surface area (Å²) in [6, 6.07) is 4.99. The van der Waals surface area contributed by atoms with Crippen molar-refractivity contribution in [2.75, 3.05) is 14.2 Å². The molecule has 0 fully saturated rings. The van der Waals surface area contributed by atoms with Gasteiger partial charge in [-0.15, -0.1) is 0 Å². The first-order chi connectivity index (χ1) is 9.63. The van der Waals surface area contributed by atoms with E-state index in [0.29, 0.717) is 35.2 Å². The van der Waals surface area contributed by atoms with Gasteiger partial charge < -0.3 is 19.2 Å². The maximum Gasteiger partial charge on any atom is 0.251 e. The van der Waals surface area contributed by atoms with Gasteiger partial charge in [-0.05, 0) is 18.2 Å². The molecule has 0 bridgehead atoms. The minimum Gasteiger partial charge on any atom is -0.493 e. The number of ether oxygens (including phenoxy) is 2. The summed E-state index contributed by atoms with van der Waals surface area (Å²) in [6.45, 7) is 2.06. The van der Waals surface area contributed by atoms with E-state index >= 15 is 0 Å². The van der Waals surface area contributed by atoms with Crippen molar-refractivity contribution in [1.82, 2.24) is 10.3 Å². The highest BCUT2D eigenvalue weighted by molar-refractivity contribution is 5.94. The molecule has 1 aromatic heterocycles. The molecule has 0 spiro atoms. The molecule has 0 unspecified atom stereocenters. The number of benzene rings is 1. The van der Waals surface area contributed by atoms with Crippen LogP contribution in [0.4, 0.5) is 0 Å². The van der Waals surface area contributed by atoms with E-state index in [-0.39, 0.29) is 5.91 Å². The summed E-state index contributed by atoms with van der Waals surface area (Å²) in [5.41, 5.74) is 1.17. The molecule has 106 valence electrons. The van der Waals surface area contributed by atoms with Crippen molar-refractivity contribution in [3.63, 3.8) is 0 Å². The van der Waals surface area contributed by atoms with Crippen LogP contribution in [0.2, 0.25) is 0 Å². The number of nitrogens with zero attached hydrogens (tertiary/aromatic N) is 1. The highest BCUT2D eigenvalue weighted by Gasteiger charge is 2.11. The number of nitrogens with one attached hydrogen (secondary N) is 1. The van der Waals surface area contributed by atoms with Crippen LogP contribution in [0.1, 0.15) is 21.9 Å². The van der Waals surface area contributed by atoms with Crippen LogP contribution in [-0.4, -0.2) is 25.1 Å². The number of oxazole rings is 1. The Morgan fingerprint density at radius 2 is 2.05 bits per heavy atom. The van der Waals surface area contributed by atoms with Crippen molar-refractivity contribution in [2.45, 2.75) is 13.5 Å². The molecule has 1 amide bonds. The predicted octanol–water partition coefficient (Wildman–Crippen LogP) is 1.93. The molecule has 0 aliphatic rings. The van der Waals surface area contributed by atoms with Crippen molar-refractivity contribution in [2.24, 2.45) is 0 Å². The third-order valence-corrected chi connectivity index (χ3v) is 2.74. The molecular weight excluding hydrogens is 260 g/mol. The fourth-order valence-corrected chi connectivity index (χ4v) is 1.74. The second kappa shape index (κ2) is 6.10. The summed E-state index contributed by atoms with van der Waals surface area (Å²) in [5.74, 6) is 1.44. The Bertz CT molecular complexity index is 607. The van der Waals surface area contributed by atoms with Crippen LogP contribution in [0.3, 0.4) is 0 Å². The zero-order chi connectivity index (χ0) is 14.5. The van der Waals surface area contributed by atoms with Gasteiger partial charge in [-0.1, -0.05) is 0 Å². The van der Waals surface area contributed by atoms with E-state index in [1.54, 1.807) is 32.2 Å². The average Bonchev–Trinajstić information content (AvgIpc) is 2.89. The lowest BCUT2D eigenvalue weighted by molar-refractivity contribution is 0.0950. The summed E-state index contributed by atoms with van der Waals surface area (Å²) < 4.78 is 15.4. The first-order valence-corrected chi connectivity index (χ1v) is 6.05. The first-order valence-electron chi connectivity index (χ1n) is 6.05. The van der Waals surface area contributed by atoms with Crippen molar-refractivity contribution in [3.8, 4) is 11.5 Å². The molecule has 6 nitrogen and oxygen atoms in total. The van der Waals surface area contributed by atoms with Crippen LogP contribution in [0.25, 0.3) is 0 Å². The van der Waals surface area contributed by atoms with E-state index in [4.69, 9.17) is 13.9 Å². The summed E-state index contributed by atoms with van der Waals surface area (Å²) in [5, 5.41) is 2.76. The summed E-state index contributed by atoms with van der Waals surface area (Å²) >= 11 is 0. The van der Waals surface area contributed by atoms with Crippen LogP contribution in [0, 0.1) is 6.92 Å². The number of carbonyl (C=O) groups is 1. The number of aromatic nitrogens is 1. The fourth-order valence-electron chi connectivity index (χ4n) is 1.74. The number of hydrogen-bond donors (Lipinski definition) is 1. The van der Waals surface area contributed by atoms with E-state index in [9.17, 15) is 4.79 Å². The first kappa shape index (κ1) is 13.9. The van der Waals surface area contributed by atoms with E-state index in [1.807, 2.05) is 0 Å². The number of amides is 1. The molecule has 1 aromatic carbocycles. The van der Waals surface area contributed by atoms with Gasteiger partial charge in [-0.25, -0.2) is 4.98 Å². The Morgan fingerprint density at radius 1 is 1.30 bits per heavy atom. The maximum atomic E-state index is 12.0. The molecule has 0 aliphatic heterocycles. The van der Waals surface area contributed by atoms with Gasteiger partial charge >= 0.3 is 0 Å². The molecule has 1 heterocycles. The Hall–Kier alpha value is -2.50. The van der Waals surface area contributed by atoms with E-state index in [1.165, 1.54) is 13.4 Å². The highest BCUT2D eigenvalue weighted by atomic mass is 16.5. The Morgan fingerprint density at radius 3 is 2.65 bits per heavy atom. The van der Waals surface area contributed by atoms with Crippen LogP contribution in [-0.2, 0) is 6.54 Å². The Labute approximate surface area is 116 Å². The minimum absolute atomic E-state index is 0.216. The van der Waals surface area contributed by atoms with Crippen LogP contribution >= 0.6 is 0 Å². The summed E-state index contributed by atoms with van der Waals surface area (Å²) in [6.07, 6.45) is 1.52. The smallest absolute Gasteiger partial charge is 0.251 e. The summed E-state index contributed by atoms with van der Waals surface area (Å²) in [7, 11) is 3.07. The summed E-state index contributed by atoms with van der Waals surface area (Å²) in [4.78, 5) is 16.1. The van der Waals surface area contributed by atoms with Gasteiger partial charge in [0.2, 0.25) is 0 Å². The van der Waals surface area contributed by atoms with Crippen molar-refractivity contribution in [3.05, 3.63) is 41.6 Å². The molecule has 0 saturated heterocycles. The van der Waals surface area contributed by atoms with Crippen molar-refractivity contribution < 1.29 is 18.7 Å². The monoisotopic (exact) mass is 276 g/mol. The lowest BCUT2D eigenvalue weighted by Crippen LogP contribution is -2.23. The normalized spacial score (nSPS) is 10.2. The molecule has 0 radical (unpaired) electrons. The highest BCUT2D eigenvalue weighted by Crippen LogP contribution is 2.27. The number of carbonyl (C=O) groups excluding carboxylic acids is 1. The van der Waals surface area contributed by atoms with Gasteiger partial charge in [-0.3, -0.25) is 4.79 Å². The predicted molar refractivity (Wildman–Crippen MR) is 72.0 cm³/mol. The minimum atomic E-state index is -0.216. The second-order valence-corrected chi connectivity index (χ2v) is 4.11. The largest absolute Gasteiger partial charge is 0.493 e. The standard InChI is InChI=1S/C14H16N2O4/c1-9-16-11(8-20-9)7-15-14(17)10-4-5-12(18-2)13(6-10)19-3/h4-6,8H,7H2,1-3H3,(H,15,17). The lowest BCUT2D eigenvalue weighted by Gasteiger charge is -2.09. The van der Waals surface area contributed by atoms with Gasteiger partial charge in [0.25, 0.3) is 5.91 Å². The zero-order valence-corrected chi connectivity index (χ0v) is 11.6. The number of rotatable bonds is 5. The molecule has 20 heavy (non-hydrogen) atoms. The van der Waals surface area contributed by atoms with E-state index in [0.717, 1.165) is 0 Å². The zero-order valence-electron chi connectivity index (χ0n) is 11.6. The number of aryl methyl sites for hydroxylation is 1.